The van der Waals surface area contributed by atoms with E-state index in [-0.39, 0.29) is 29.6 Å². The third-order valence-electron chi connectivity index (χ3n) is 7.66. The second-order valence-electron chi connectivity index (χ2n) is 11.1. The van der Waals surface area contributed by atoms with E-state index in [1.807, 2.05) is 6.92 Å². The molecule has 0 bridgehead atoms. The zero-order valence-electron chi connectivity index (χ0n) is 24.2. The predicted octanol–water partition coefficient (Wildman–Crippen LogP) is 6.93. The van der Waals surface area contributed by atoms with E-state index in [0.717, 1.165) is 25.7 Å². The average Bonchev–Trinajstić information content (AvgIpc) is 2.80. The summed E-state index contributed by atoms with van der Waals surface area (Å²) >= 11 is 0. The first-order valence-electron chi connectivity index (χ1n) is 15.3. The summed E-state index contributed by atoms with van der Waals surface area (Å²) in [6.45, 7) is 6.46. The third-order valence-corrected chi connectivity index (χ3v) is 7.66. The van der Waals surface area contributed by atoms with Crippen molar-refractivity contribution in [2.75, 3.05) is 0 Å². The normalized spacial score (nSPS) is 12.9. The van der Waals surface area contributed by atoms with Crippen LogP contribution in [0.4, 0.5) is 0 Å². The van der Waals surface area contributed by atoms with Crippen molar-refractivity contribution in [1.29, 1.82) is 0 Å². The molecule has 1 atom stereocenters. The van der Waals surface area contributed by atoms with Gasteiger partial charge in [0, 0.05) is 11.4 Å². The molecule has 0 aliphatic heterocycles. The van der Waals surface area contributed by atoms with Crippen LogP contribution in [0.3, 0.4) is 0 Å². The quantitative estimate of drug-likeness (QED) is 0.0929. The van der Waals surface area contributed by atoms with E-state index >= 15 is 0 Å². The molecule has 3 heteroatoms. The van der Waals surface area contributed by atoms with Crippen LogP contribution in [0, 0.1) is 5.41 Å². The molecule has 0 heterocycles. The zero-order valence-corrected chi connectivity index (χ0v) is 26.2. The Bertz CT molecular complexity index is 412. The fraction of sp³-hybridized carbons (Fsp3) is 0.968. The van der Waals surface area contributed by atoms with Crippen LogP contribution in [0.5, 0.6) is 0 Å². The number of carboxylic acids is 1. The minimum atomic E-state index is -0.827. The summed E-state index contributed by atoms with van der Waals surface area (Å²) < 4.78 is 0. The summed E-state index contributed by atoms with van der Waals surface area (Å²) in [6, 6.07) is 0. The molecule has 0 amide bonds. The largest absolute Gasteiger partial charge is 1.00 e. The minimum absolute atomic E-state index is 0. The van der Waals surface area contributed by atoms with Crippen molar-refractivity contribution in [3.8, 4) is 0 Å². The number of carbonyl (C=O) groups is 1. The average molecular weight is 489 g/mol. The zero-order chi connectivity index (χ0) is 24.5. The smallest absolute Gasteiger partial charge is 0.550 e. The summed E-state index contributed by atoms with van der Waals surface area (Å²) in [5.41, 5.74) is -0.613. The Labute approximate surface area is 237 Å². The molecular formula is C31H61NaO2. The van der Waals surface area contributed by atoms with Crippen LogP contribution in [-0.2, 0) is 4.79 Å². The van der Waals surface area contributed by atoms with Crippen molar-refractivity contribution in [1.82, 2.24) is 0 Å². The van der Waals surface area contributed by atoms with E-state index in [1.54, 1.807) is 0 Å². The van der Waals surface area contributed by atoms with E-state index in [2.05, 4.69) is 13.8 Å². The number of unbranched alkanes of at least 4 members (excludes halogenated alkanes) is 22. The van der Waals surface area contributed by atoms with Gasteiger partial charge in [-0.05, 0) is 12.8 Å². The first-order chi connectivity index (χ1) is 16.1. The van der Waals surface area contributed by atoms with Gasteiger partial charge in [0.1, 0.15) is 0 Å². The van der Waals surface area contributed by atoms with E-state index in [1.165, 1.54) is 141 Å². The van der Waals surface area contributed by atoms with Gasteiger partial charge in [0.15, 0.2) is 0 Å². The Balaban J connectivity index is 0. The molecule has 1 unspecified atom stereocenters. The second kappa shape index (κ2) is 28.0. The Morgan fingerprint density at radius 1 is 0.471 bits per heavy atom. The van der Waals surface area contributed by atoms with E-state index in [0.29, 0.717) is 0 Å². The maximum Gasteiger partial charge on any atom is 1.00 e. The summed E-state index contributed by atoms with van der Waals surface area (Å²) in [5.74, 6) is -0.827. The molecule has 0 aromatic carbocycles. The van der Waals surface area contributed by atoms with Crippen LogP contribution in [0.15, 0.2) is 0 Å². The van der Waals surface area contributed by atoms with Gasteiger partial charge >= 0.3 is 29.6 Å². The van der Waals surface area contributed by atoms with Crippen LogP contribution >= 0.6 is 0 Å². The van der Waals surface area contributed by atoms with Crippen LogP contribution in [-0.4, -0.2) is 5.97 Å². The molecule has 0 N–H and O–H groups in total. The van der Waals surface area contributed by atoms with Gasteiger partial charge in [-0.1, -0.05) is 175 Å². The van der Waals surface area contributed by atoms with Gasteiger partial charge in [0.05, 0.1) is 0 Å². The van der Waals surface area contributed by atoms with Crippen molar-refractivity contribution in [2.45, 2.75) is 188 Å². The molecule has 0 fully saturated rings. The number of hydrogen-bond donors (Lipinski definition) is 0. The van der Waals surface area contributed by atoms with Crippen molar-refractivity contribution in [3.05, 3.63) is 0 Å². The van der Waals surface area contributed by atoms with Crippen LogP contribution < -0.4 is 34.7 Å². The summed E-state index contributed by atoms with van der Waals surface area (Å²) in [7, 11) is 0. The molecule has 2 nitrogen and oxygen atoms in total. The van der Waals surface area contributed by atoms with Crippen molar-refractivity contribution < 1.29 is 39.5 Å². The molecule has 0 aromatic heterocycles. The number of aliphatic carboxylic acids is 1. The van der Waals surface area contributed by atoms with Gasteiger partial charge in [-0.3, -0.25) is 0 Å². The summed E-state index contributed by atoms with van der Waals surface area (Å²) in [5, 5.41) is 11.7. The monoisotopic (exact) mass is 488 g/mol. The Kier molecular flexibility index (Phi) is 30.2. The number of carbonyl (C=O) groups excluding carboxylic acids is 1. The molecule has 34 heavy (non-hydrogen) atoms. The van der Waals surface area contributed by atoms with E-state index < -0.39 is 11.4 Å². The molecule has 0 aliphatic rings. The first-order valence-corrected chi connectivity index (χ1v) is 15.3. The van der Waals surface area contributed by atoms with Gasteiger partial charge in [-0.2, -0.15) is 0 Å². The first kappa shape index (κ1) is 36.6. The fourth-order valence-corrected chi connectivity index (χ4v) is 5.04. The predicted molar refractivity (Wildman–Crippen MR) is 145 cm³/mol. The third kappa shape index (κ3) is 24.2. The molecule has 0 rings (SSSR count). The van der Waals surface area contributed by atoms with Gasteiger partial charge in [0.25, 0.3) is 0 Å². The Morgan fingerprint density at radius 3 is 0.882 bits per heavy atom. The van der Waals surface area contributed by atoms with Crippen molar-refractivity contribution in [2.24, 2.45) is 5.41 Å². The van der Waals surface area contributed by atoms with Crippen molar-refractivity contribution >= 4 is 5.97 Å². The number of rotatable bonds is 27. The van der Waals surface area contributed by atoms with E-state index in [4.69, 9.17) is 0 Å². The number of hydrogen-bond acceptors (Lipinski definition) is 2. The molecular weight excluding hydrogens is 427 g/mol. The van der Waals surface area contributed by atoms with Gasteiger partial charge in [-0.15, -0.1) is 0 Å². The minimum Gasteiger partial charge on any atom is -0.550 e. The van der Waals surface area contributed by atoms with Crippen LogP contribution in [0.1, 0.15) is 188 Å². The molecule has 198 valence electrons. The standard InChI is InChI=1S/C31H62O2.Na/c1-4-6-8-10-12-14-15-16-17-18-19-20-21-23-25-27-29-31(3,30(32)33)28-26-24-22-13-11-9-7-5-2;/h4-29H2,1-3H3,(H,32,33);/q;+1/p-1. The van der Waals surface area contributed by atoms with Gasteiger partial charge in [-0.25, -0.2) is 0 Å². The van der Waals surface area contributed by atoms with Gasteiger partial charge < -0.3 is 9.90 Å². The Hall–Kier alpha value is 0.470. The SMILES string of the molecule is CCCCCCCCCCCCCCCCCCC(C)(CCCCCCCCCC)C(=O)[O-].[Na+]. The van der Waals surface area contributed by atoms with Gasteiger partial charge in [0.2, 0.25) is 0 Å². The van der Waals surface area contributed by atoms with Crippen molar-refractivity contribution in [3.63, 3.8) is 0 Å². The van der Waals surface area contributed by atoms with Crippen LogP contribution in [0.2, 0.25) is 0 Å². The maximum atomic E-state index is 11.7. The molecule has 0 aliphatic carbocycles. The molecule has 0 radical (unpaired) electrons. The second-order valence-corrected chi connectivity index (χ2v) is 11.1. The summed E-state index contributed by atoms with van der Waals surface area (Å²) in [4.78, 5) is 11.7. The summed E-state index contributed by atoms with van der Waals surface area (Å²) in [6.07, 6.45) is 33.4. The maximum absolute atomic E-state index is 11.7. The number of carboxylic acid groups (broad SMARTS) is 1. The fourth-order valence-electron chi connectivity index (χ4n) is 5.04. The topological polar surface area (TPSA) is 40.1 Å². The molecule has 0 spiro atoms. The molecule has 0 saturated carbocycles. The molecule has 0 saturated heterocycles. The van der Waals surface area contributed by atoms with E-state index in [9.17, 15) is 9.90 Å². The molecule has 0 aromatic rings. The van der Waals surface area contributed by atoms with Crippen LogP contribution in [0.25, 0.3) is 0 Å². The Morgan fingerprint density at radius 2 is 0.676 bits per heavy atom.